The first-order valence-corrected chi connectivity index (χ1v) is 9.56. The maximum Gasteiger partial charge on any atom is 0.279 e. The van der Waals surface area contributed by atoms with E-state index in [0.717, 1.165) is 37.9 Å². The van der Waals surface area contributed by atoms with Gasteiger partial charge in [0.05, 0.1) is 6.10 Å². The number of hydrogen-bond acceptors (Lipinski definition) is 4. The van der Waals surface area contributed by atoms with Gasteiger partial charge in [0.25, 0.3) is 10.2 Å². The van der Waals surface area contributed by atoms with Crippen LogP contribution < -0.4 is 4.72 Å². The zero-order chi connectivity index (χ0) is 16.7. The molecule has 6 nitrogen and oxygen atoms in total. The monoisotopic (exact) mass is 341 g/mol. The Balaban J connectivity index is 1.71. The minimum atomic E-state index is -3.46. The van der Waals surface area contributed by atoms with E-state index in [2.05, 4.69) is 9.62 Å². The Labute approximate surface area is 139 Å². The molecule has 1 heterocycles. The van der Waals surface area contributed by atoms with Gasteiger partial charge in [0.2, 0.25) is 0 Å². The largest absolute Gasteiger partial charge is 0.392 e. The maximum atomic E-state index is 12.2. The topological polar surface area (TPSA) is 72.9 Å². The molecular formula is C16H27N3O3S. The number of hydrogen-bond donors (Lipinski definition) is 2. The molecule has 23 heavy (non-hydrogen) atoms. The Morgan fingerprint density at radius 2 is 2.09 bits per heavy atom. The summed E-state index contributed by atoms with van der Waals surface area (Å²) in [5.41, 5.74) is 0.961. The fourth-order valence-electron chi connectivity index (χ4n) is 2.77. The molecular weight excluding hydrogens is 314 g/mol. The lowest BCUT2D eigenvalue weighted by molar-refractivity contribution is 0.0703. The summed E-state index contributed by atoms with van der Waals surface area (Å²) in [6.07, 6.45) is 2.38. The lowest BCUT2D eigenvalue weighted by Crippen LogP contribution is -2.41. The Bertz CT molecular complexity index is 565. The van der Waals surface area contributed by atoms with E-state index in [1.807, 2.05) is 30.3 Å². The van der Waals surface area contributed by atoms with Crippen LogP contribution in [0.1, 0.15) is 24.8 Å². The molecule has 1 saturated heterocycles. The number of aliphatic hydroxyl groups is 1. The van der Waals surface area contributed by atoms with Crippen molar-refractivity contribution in [1.82, 2.24) is 13.9 Å². The lowest BCUT2D eigenvalue weighted by atomic mass is 10.1. The summed E-state index contributed by atoms with van der Waals surface area (Å²) in [5, 5.41) is 9.62. The summed E-state index contributed by atoms with van der Waals surface area (Å²) in [5.74, 6) is 0. The van der Waals surface area contributed by atoms with Crippen molar-refractivity contribution < 1.29 is 13.5 Å². The molecule has 0 amide bonds. The van der Waals surface area contributed by atoms with Gasteiger partial charge >= 0.3 is 0 Å². The zero-order valence-electron chi connectivity index (χ0n) is 13.7. The molecule has 2 N–H and O–H groups in total. The molecule has 1 aromatic rings. The van der Waals surface area contributed by atoms with Crippen molar-refractivity contribution in [2.75, 3.05) is 33.2 Å². The number of aliphatic hydroxyl groups excluding tert-OH is 1. The van der Waals surface area contributed by atoms with E-state index >= 15 is 0 Å². The number of rotatable bonds is 8. The van der Waals surface area contributed by atoms with E-state index in [9.17, 15) is 13.5 Å². The van der Waals surface area contributed by atoms with Crippen LogP contribution in [0.4, 0.5) is 0 Å². The van der Waals surface area contributed by atoms with Gasteiger partial charge in [-0.2, -0.15) is 12.7 Å². The molecule has 1 aromatic carbocycles. The highest BCUT2D eigenvalue weighted by Gasteiger charge is 2.19. The molecule has 1 aliphatic rings. The highest BCUT2D eigenvalue weighted by atomic mass is 32.2. The van der Waals surface area contributed by atoms with Crippen LogP contribution in [0.2, 0.25) is 0 Å². The van der Waals surface area contributed by atoms with Gasteiger partial charge in [0.1, 0.15) is 0 Å². The molecule has 0 saturated carbocycles. The average molecular weight is 341 g/mol. The average Bonchev–Trinajstić information content (AvgIpc) is 2.53. The first-order valence-electron chi connectivity index (χ1n) is 8.12. The summed E-state index contributed by atoms with van der Waals surface area (Å²) in [6, 6.07) is 9.53. The summed E-state index contributed by atoms with van der Waals surface area (Å²) in [4.78, 5) is 2.19. The van der Waals surface area contributed by atoms with Crippen LogP contribution in [0.15, 0.2) is 30.3 Å². The molecule has 0 aliphatic carbocycles. The standard InChI is InChI=1S/C16H27N3O3S/c1-18(13-15-7-3-2-4-8-15)23(21,22)17-10-6-12-19-11-5-9-16(20)14-19/h2-4,7-8,16-17,20H,5-6,9-14H2,1H3. The quantitative estimate of drug-likeness (QED) is 0.686. The van der Waals surface area contributed by atoms with Gasteiger partial charge in [-0.1, -0.05) is 30.3 Å². The number of likely N-dealkylation sites (tertiary alicyclic amines) is 1. The third-order valence-electron chi connectivity index (χ3n) is 4.07. The van der Waals surface area contributed by atoms with Gasteiger partial charge < -0.3 is 10.0 Å². The smallest absolute Gasteiger partial charge is 0.279 e. The normalized spacial score (nSPS) is 20.0. The Kier molecular flexibility index (Phi) is 6.98. The number of nitrogens with zero attached hydrogens (tertiary/aromatic N) is 2. The van der Waals surface area contributed by atoms with Crippen LogP contribution in [0.3, 0.4) is 0 Å². The predicted octanol–water partition coefficient (Wildman–Crippen LogP) is 0.800. The maximum absolute atomic E-state index is 12.2. The van der Waals surface area contributed by atoms with Gasteiger partial charge in [-0.3, -0.25) is 0 Å². The van der Waals surface area contributed by atoms with Crippen LogP contribution in [0, 0.1) is 0 Å². The highest BCUT2D eigenvalue weighted by Crippen LogP contribution is 2.10. The number of nitrogens with one attached hydrogen (secondary N) is 1. The molecule has 0 radical (unpaired) electrons. The van der Waals surface area contributed by atoms with Gasteiger partial charge in [-0.25, -0.2) is 4.72 Å². The van der Waals surface area contributed by atoms with Gasteiger partial charge in [0, 0.05) is 26.7 Å². The Morgan fingerprint density at radius 3 is 2.78 bits per heavy atom. The predicted molar refractivity (Wildman–Crippen MR) is 91.1 cm³/mol. The molecule has 1 atom stereocenters. The van der Waals surface area contributed by atoms with Crippen LogP contribution in [0.5, 0.6) is 0 Å². The molecule has 7 heteroatoms. The number of benzene rings is 1. The van der Waals surface area contributed by atoms with E-state index in [-0.39, 0.29) is 6.10 Å². The number of β-amino-alcohol motifs (C(OH)–C–C–N with tert-alkyl or cyclic N) is 1. The summed E-state index contributed by atoms with van der Waals surface area (Å²) < 4.78 is 28.4. The van der Waals surface area contributed by atoms with Gasteiger partial charge in [-0.15, -0.1) is 0 Å². The number of piperidine rings is 1. The second-order valence-corrected chi connectivity index (χ2v) is 7.95. The molecule has 0 spiro atoms. The van der Waals surface area contributed by atoms with E-state index < -0.39 is 10.2 Å². The van der Waals surface area contributed by atoms with Crippen LogP contribution in [-0.4, -0.2) is 62.1 Å². The Hall–Kier alpha value is -0.990. The first-order chi connectivity index (χ1) is 11.0. The molecule has 1 unspecified atom stereocenters. The summed E-state index contributed by atoms with van der Waals surface area (Å²) >= 11 is 0. The third-order valence-corrected chi connectivity index (χ3v) is 5.59. The van der Waals surface area contributed by atoms with Crippen LogP contribution in [-0.2, 0) is 16.8 Å². The van der Waals surface area contributed by atoms with E-state index in [1.54, 1.807) is 7.05 Å². The van der Waals surface area contributed by atoms with Gasteiger partial charge in [0.15, 0.2) is 0 Å². The van der Waals surface area contributed by atoms with Gasteiger partial charge in [-0.05, 0) is 37.9 Å². The minimum absolute atomic E-state index is 0.238. The third kappa shape index (κ3) is 6.19. The van der Waals surface area contributed by atoms with Crippen molar-refractivity contribution in [3.8, 4) is 0 Å². The van der Waals surface area contributed by atoms with E-state index in [4.69, 9.17) is 0 Å². The molecule has 1 fully saturated rings. The lowest BCUT2D eigenvalue weighted by Gasteiger charge is -2.29. The van der Waals surface area contributed by atoms with Crippen LogP contribution >= 0.6 is 0 Å². The van der Waals surface area contributed by atoms with E-state index in [1.165, 1.54) is 4.31 Å². The second kappa shape index (κ2) is 8.75. The molecule has 2 rings (SSSR count). The van der Waals surface area contributed by atoms with Crippen molar-refractivity contribution in [2.45, 2.75) is 31.9 Å². The van der Waals surface area contributed by atoms with Crippen molar-refractivity contribution >= 4 is 10.2 Å². The minimum Gasteiger partial charge on any atom is -0.392 e. The van der Waals surface area contributed by atoms with Crippen molar-refractivity contribution in [2.24, 2.45) is 0 Å². The van der Waals surface area contributed by atoms with Crippen molar-refractivity contribution in [3.63, 3.8) is 0 Å². The van der Waals surface area contributed by atoms with Crippen LogP contribution in [0.25, 0.3) is 0 Å². The second-order valence-electron chi connectivity index (χ2n) is 6.09. The molecule has 0 bridgehead atoms. The van der Waals surface area contributed by atoms with E-state index in [0.29, 0.717) is 19.6 Å². The molecule has 1 aliphatic heterocycles. The fraction of sp³-hybridized carbons (Fsp3) is 0.625. The first kappa shape index (κ1) is 18.4. The highest BCUT2D eigenvalue weighted by molar-refractivity contribution is 7.87. The molecule has 130 valence electrons. The molecule has 0 aromatic heterocycles. The Morgan fingerprint density at radius 1 is 1.35 bits per heavy atom. The fourth-order valence-corrected chi connectivity index (χ4v) is 3.72. The SMILES string of the molecule is CN(Cc1ccccc1)S(=O)(=O)NCCCN1CCCC(O)C1. The zero-order valence-corrected chi connectivity index (χ0v) is 14.5. The summed E-state index contributed by atoms with van der Waals surface area (Å²) in [6.45, 7) is 3.25. The summed E-state index contributed by atoms with van der Waals surface area (Å²) in [7, 11) is -1.88. The van der Waals surface area contributed by atoms with Crippen molar-refractivity contribution in [1.29, 1.82) is 0 Å². The van der Waals surface area contributed by atoms with Crippen molar-refractivity contribution in [3.05, 3.63) is 35.9 Å².